The fraction of sp³-hybridized carbons (Fsp3) is 0.533. The third kappa shape index (κ3) is 5.97. The summed E-state index contributed by atoms with van der Waals surface area (Å²) in [5.74, 6) is 0.840. The van der Waals surface area contributed by atoms with Crippen LogP contribution in [0.25, 0.3) is 0 Å². The molecule has 5 rings (SSSR count). The van der Waals surface area contributed by atoms with Crippen LogP contribution in [0.2, 0.25) is 0 Å². The van der Waals surface area contributed by atoms with Gasteiger partial charge in [0.05, 0.1) is 12.5 Å². The largest absolute Gasteiger partial charge is 0.481 e. The average Bonchev–Trinajstić information content (AvgIpc) is 3.70. The topological polar surface area (TPSA) is 124 Å². The number of carboxylic acid groups (broad SMARTS) is 1. The van der Waals surface area contributed by atoms with Crippen molar-refractivity contribution in [2.75, 3.05) is 46.3 Å². The summed E-state index contributed by atoms with van der Waals surface area (Å²) in [4.78, 5) is 30.4. The molecule has 0 spiro atoms. The number of carbonyl (C=O) groups is 2. The number of carbonyl (C=O) groups excluding carboxylic acids is 1. The molecule has 0 saturated carbocycles. The Labute approximate surface area is 234 Å². The molecule has 2 aromatic carbocycles. The molecule has 3 aliphatic heterocycles. The molecule has 1 saturated heterocycles. The summed E-state index contributed by atoms with van der Waals surface area (Å²) in [5.41, 5.74) is 7.60. The van der Waals surface area contributed by atoms with Gasteiger partial charge in [-0.25, -0.2) is 0 Å². The maximum Gasteiger partial charge on any atom is 0.308 e. The zero-order valence-corrected chi connectivity index (χ0v) is 23.0. The Hall–Kier alpha value is -3.50. The lowest BCUT2D eigenvalue weighted by Gasteiger charge is -2.30. The molecule has 0 radical (unpaired) electrons. The molecular formula is C30H39N3O7. The predicted octanol–water partition coefficient (Wildman–Crippen LogP) is 3.22. The van der Waals surface area contributed by atoms with Crippen molar-refractivity contribution in [1.82, 2.24) is 9.80 Å². The quantitative estimate of drug-likeness (QED) is 0.385. The van der Waals surface area contributed by atoms with E-state index in [0.29, 0.717) is 56.3 Å². The highest BCUT2D eigenvalue weighted by Gasteiger charge is 2.47. The summed E-state index contributed by atoms with van der Waals surface area (Å²) in [5, 5.41) is 10.5. The highest BCUT2D eigenvalue weighted by Crippen LogP contribution is 2.44. The van der Waals surface area contributed by atoms with Gasteiger partial charge in [-0.2, -0.15) is 0 Å². The van der Waals surface area contributed by atoms with Crippen LogP contribution in [0, 0.1) is 5.92 Å². The highest BCUT2D eigenvalue weighted by molar-refractivity contribution is 5.79. The van der Waals surface area contributed by atoms with E-state index in [-0.39, 0.29) is 38.0 Å². The standard InChI is InChI=1S/C30H39N3O7/c1-2-3-13-32(14-5-12-31)27(34)17-33-16-22(21-9-11-24-26(15-21)39-18-37-24)28(30(35)36)23(33)10-8-20-6-4-7-25-29(20)40-19-38-25/h4,6-7,9,11,15,22-23,28H,2-3,5,8,10,12-14,16-19,31H2,1H3,(H,35,36)/t22-,23+,28?/m1/s1. The predicted molar refractivity (Wildman–Crippen MR) is 148 cm³/mol. The molecule has 2 aromatic rings. The molecule has 1 fully saturated rings. The first kappa shape index (κ1) is 28.0. The number of likely N-dealkylation sites (tertiary alicyclic amines) is 1. The monoisotopic (exact) mass is 553 g/mol. The van der Waals surface area contributed by atoms with Gasteiger partial charge in [0.1, 0.15) is 0 Å². The minimum Gasteiger partial charge on any atom is -0.481 e. The Morgan fingerprint density at radius 2 is 1.80 bits per heavy atom. The van der Waals surface area contributed by atoms with E-state index in [2.05, 4.69) is 11.8 Å². The third-order valence-corrected chi connectivity index (χ3v) is 8.15. The number of nitrogens with two attached hydrogens (primary N) is 1. The van der Waals surface area contributed by atoms with Crippen LogP contribution in [0.1, 0.15) is 49.7 Å². The fourth-order valence-corrected chi connectivity index (χ4v) is 6.09. The van der Waals surface area contributed by atoms with Crippen LogP contribution in [0.4, 0.5) is 0 Å². The van der Waals surface area contributed by atoms with Crippen LogP contribution in [-0.2, 0) is 16.0 Å². The summed E-state index contributed by atoms with van der Waals surface area (Å²) in [6.07, 6.45) is 3.80. The van der Waals surface area contributed by atoms with E-state index in [1.807, 2.05) is 41.3 Å². The molecule has 0 aliphatic carbocycles. The number of para-hydroxylation sites is 1. The first-order valence-corrected chi connectivity index (χ1v) is 14.2. The number of nitrogens with zero attached hydrogens (tertiary/aromatic N) is 2. The van der Waals surface area contributed by atoms with Gasteiger partial charge in [-0.1, -0.05) is 31.5 Å². The van der Waals surface area contributed by atoms with E-state index in [1.165, 1.54) is 0 Å². The maximum absolute atomic E-state index is 13.6. The summed E-state index contributed by atoms with van der Waals surface area (Å²) >= 11 is 0. The highest BCUT2D eigenvalue weighted by atomic mass is 16.7. The smallest absolute Gasteiger partial charge is 0.308 e. The molecule has 1 unspecified atom stereocenters. The summed E-state index contributed by atoms with van der Waals surface area (Å²) in [6, 6.07) is 11.1. The van der Waals surface area contributed by atoms with Crippen LogP contribution in [0.5, 0.6) is 23.0 Å². The average molecular weight is 554 g/mol. The van der Waals surface area contributed by atoms with Gasteiger partial charge in [-0.3, -0.25) is 14.5 Å². The minimum atomic E-state index is -0.869. The Kier molecular flexibility index (Phi) is 8.96. The third-order valence-electron chi connectivity index (χ3n) is 8.15. The Bertz CT molecular complexity index is 1200. The molecule has 1 amide bonds. The molecule has 0 aromatic heterocycles. The van der Waals surface area contributed by atoms with Gasteiger partial charge in [0.2, 0.25) is 19.5 Å². The molecule has 3 heterocycles. The second-order valence-electron chi connectivity index (χ2n) is 10.6. The summed E-state index contributed by atoms with van der Waals surface area (Å²) < 4.78 is 22.3. The number of carboxylic acids is 1. The van der Waals surface area contributed by atoms with Crippen molar-refractivity contribution in [3.63, 3.8) is 0 Å². The lowest BCUT2D eigenvalue weighted by Crippen LogP contribution is -2.45. The maximum atomic E-state index is 13.6. The summed E-state index contributed by atoms with van der Waals surface area (Å²) in [7, 11) is 0. The molecular weight excluding hydrogens is 514 g/mol. The Morgan fingerprint density at radius 3 is 2.60 bits per heavy atom. The van der Waals surface area contributed by atoms with Crippen LogP contribution < -0.4 is 24.7 Å². The number of rotatable bonds is 13. The number of unbranched alkanes of at least 4 members (excludes halogenated alkanes) is 1. The van der Waals surface area contributed by atoms with Gasteiger partial charge in [-0.15, -0.1) is 0 Å². The zero-order chi connectivity index (χ0) is 28.1. The number of benzene rings is 2. The van der Waals surface area contributed by atoms with Gasteiger partial charge >= 0.3 is 5.97 Å². The molecule has 216 valence electrons. The number of amides is 1. The van der Waals surface area contributed by atoms with E-state index in [9.17, 15) is 14.7 Å². The van der Waals surface area contributed by atoms with Crippen molar-refractivity contribution in [2.45, 2.75) is 51.0 Å². The van der Waals surface area contributed by atoms with Crippen LogP contribution in [0.3, 0.4) is 0 Å². The van der Waals surface area contributed by atoms with Crippen molar-refractivity contribution < 1.29 is 33.6 Å². The van der Waals surface area contributed by atoms with E-state index < -0.39 is 11.9 Å². The van der Waals surface area contributed by atoms with E-state index in [1.54, 1.807) is 0 Å². The van der Waals surface area contributed by atoms with Crippen molar-refractivity contribution in [3.05, 3.63) is 47.5 Å². The number of aliphatic carboxylic acids is 1. The van der Waals surface area contributed by atoms with Crippen LogP contribution in [-0.4, -0.2) is 79.1 Å². The number of fused-ring (bicyclic) bond motifs is 2. The molecule has 40 heavy (non-hydrogen) atoms. The fourth-order valence-electron chi connectivity index (χ4n) is 6.09. The molecule has 3 aliphatic rings. The van der Waals surface area contributed by atoms with Crippen molar-refractivity contribution in [3.8, 4) is 23.0 Å². The lowest BCUT2D eigenvalue weighted by molar-refractivity contribution is -0.143. The minimum absolute atomic E-state index is 0.0136. The SMILES string of the molecule is CCCCN(CCCN)C(=O)CN1C[C@H](c2ccc3c(c2)OCO3)C(C(=O)O)[C@@H]1CCc1cccc2c1OCO2. The van der Waals surface area contributed by atoms with E-state index in [4.69, 9.17) is 24.7 Å². The Morgan fingerprint density at radius 1 is 1.02 bits per heavy atom. The number of hydrogen-bond donors (Lipinski definition) is 2. The molecule has 3 atom stereocenters. The van der Waals surface area contributed by atoms with Gasteiger partial charge in [0.15, 0.2) is 23.0 Å². The van der Waals surface area contributed by atoms with Gasteiger partial charge in [0, 0.05) is 31.6 Å². The number of aryl methyl sites for hydroxylation is 1. The zero-order valence-electron chi connectivity index (χ0n) is 23.0. The molecule has 0 bridgehead atoms. The van der Waals surface area contributed by atoms with E-state index in [0.717, 1.165) is 36.1 Å². The molecule has 10 heteroatoms. The lowest BCUT2D eigenvalue weighted by atomic mass is 9.83. The van der Waals surface area contributed by atoms with Gasteiger partial charge in [0.25, 0.3) is 0 Å². The van der Waals surface area contributed by atoms with Gasteiger partial charge < -0.3 is 34.7 Å². The van der Waals surface area contributed by atoms with Crippen LogP contribution >= 0.6 is 0 Å². The first-order valence-electron chi connectivity index (χ1n) is 14.2. The first-order chi connectivity index (χ1) is 19.5. The summed E-state index contributed by atoms with van der Waals surface area (Å²) in [6.45, 7) is 4.85. The van der Waals surface area contributed by atoms with E-state index >= 15 is 0 Å². The second-order valence-corrected chi connectivity index (χ2v) is 10.6. The second kappa shape index (κ2) is 12.8. The number of ether oxygens (including phenoxy) is 4. The molecule has 3 N–H and O–H groups in total. The normalized spacial score (nSPS) is 21.1. The van der Waals surface area contributed by atoms with Crippen molar-refractivity contribution in [1.29, 1.82) is 0 Å². The van der Waals surface area contributed by atoms with Crippen LogP contribution in [0.15, 0.2) is 36.4 Å². The molecule has 10 nitrogen and oxygen atoms in total. The van der Waals surface area contributed by atoms with Crippen molar-refractivity contribution in [2.24, 2.45) is 11.7 Å². The van der Waals surface area contributed by atoms with Crippen molar-refractivity contribution >= 4 is 11.9 Å². The number of hydrogen-bond acceptors (Lipinski definition) is 8. The Balaban J connectivity index is 1.41. The van der Waals surface area contributed by atoms with Gasteiger partial charge in [-0.05, 0) is 61.6 Å².